The van der Waals surface area contributed by atoms with Crippen LogP contribution < -0.4 is 5.32 Å². The van der Waals surface area contributed by atoms with Crippen molar-refractivity contribution in [3.63, 3.8) is 0 Å². The van der Waals surface area contributed by atoms with Crippen molar-refractivity contribution in [2.75, 3.05) is 38.2 Å². The van der Waals surface area contributed by atoms with Gasteiger partial charge >= 0.3 is 0 Å². The molecule has 2 fully saturated rings. The van der Waals surface area contributed by atoms with Crippen molar-refractivity contribution in [2.24, 2.45) is 5.92 Å². The molecule has 1 unspecified atom stereocenters. The van der Waals surface area contributed by atoms with E-state index in [0.29, 0.717) is 17.6 Å². The van der Waals surface area contributed by atoms with Gasteiger partial charge in [-0.2, -0.15) is 0 Å². The Hall–Kier alpha value is -1.66. The zero-order valence-corrected chi connectivity index (χ0v) is 13.7. The molecule has 2 saturated heterocycles. The van der Waals surface area contributed by atoms with Crippen LogP contribution in [0.4, 0.5) is 11.4 Å². The standard InChI is InChI=1S/C17H25N3O3/c1-13-3-2-4-16(20(21)22)17(13)18-15-5-8-19(9-6-15)11-14-7-10-23-12-14/h2-4,14-15,18H,5-12H2,1H3. The van der Waals surface area contributed by atoms with Gasteiger partial charge in [-0.3, -0.25) is 10.1 Å². The molecular formula is C17H25N3O3. The van der Waals surface area contributed by atoms with E-state index in [2.05, 4.69) is 10.2 Å². The van der Waals surface area contributed by atoms with Gasteiger partial charge in [-0.1, -0.05) is 12.1 Å². The molecule has 1 aromatic carbocycles. The Balaban J connectivity index is 1.55. The first kappa shape index (κ1) is 16.2. The molecule has 1 atom stereocenters. The second kappa shape index (κ2) is 7.27. The molecule has 2 heterocycles. The van der Waals surface area contributed by atoms with E-state index in [1.165, 1.54) is 6.42 Å². The lowest BCUT2D eigenvalue weighted by Crippen LogP contribution is -2.41. The summed E-state index contributed by atoms with van der Waals surface area (Å²) < 4.78 is 5.44. The van der Waals surface area contributed by atoms with E-state index in [4.69, 9.17) is 4.74 Å². The van der Waals surface area contributed by atoms with Crippen LogP contribution in [0.5, 0.6) is 0 Å². The number of aryl methyl sites for hydroxylation is 1. The number of nitrogens with one attached hydrogen (secondary N) is 1. The summed E-state index contributed by atoms with van der Waals surface area (Å²) in [7, 11) is 0. The number of ether oxygens (including phenoxy) is 1. The van der Waals surface area contributed by atoms with E-state index < -0.39 is 0 Å². The highest BCUT2D eigenvalue weighted by atomic mass is 16.6. The Kier molecular flexibility index (Phi) is 5.13. The van der Waals surface area contributed by atoms with Crippen LogP contribution >= 0.6 is 0 Å². The van der Waals surface area contributed by atoms with E-state index in [0.717, 1.165) is 51.3 Å². The molecule has 2 aliphatic heterocycles. The third-order valence-electron chi connectivity index (χ3n) is 4.92. The molecule has 1 N–H and O–H groups in total. The minimum atomic E-state index is -0.301. The molecule has 3 rings (SSSR count). The van der Waals surface area contributed by atoms with E-state index >= 15 is 0 Å². The number of nitro benzene ring substituents is 1. The highest BCUT2D eigenvalue weighted by molar-refractivity contribution is 5.66. The Morgan fingerprint density at radius 1 is 1.35 bits per heavy atom. The van der Waals surface area contributed by atoms with Crippen molar-refractivity contribution >= 4 is 11.4 Å². The molecule has 0 saturated carbocycles. The van der Waals surface area contributed by atoms with E-state index in [9.17, 15) is 10.1 Å². The van der Waals surface area contributed by atoms with Crippen molar-refractivity contribution in [3.8, 4) is 0 Å². The van der Waals surface area contributed by atoms with Gasteiger partial charge in [0.15, 0.2) is 0 Å². The van der Waals surface area contributed by atoms with Gasteiger partial charge in [0.05, 0.1) is 11.5 Å². The third kappa shape index (κ3) is 4.00. The van der Waals surface area contributed by atoms with E-state index in [-0.39, 0.29) is 10.6 Å². The van der Waals surface area contributed by atoms with Gasteiger partial charge in [-0.25, -0.2) is 0 Å². The highest BCUT2D eigenvalue weighted by Crippen LogP contribution is 2.30. The van der Waals surface area contributed by atoms with Gasteiger partial charge < -0.3 is 15.0 Å². The largest absolute Gasteiger partial charge is 0.381 e. The highest BCUT2D eigenvalue weighted by Gasteiger charge is 2.25. The first-order valence-electron chi connectivity index (χ1n) is 8.44. The van der Waals surface area contributed by atoms with E-state index in [1.54, 1.807) is 12.1 Å². The van der Waals surface area contributed by atoms with E-state index in [1.807, 2.05) is 13.0 Å². The fraction of sp³-hybridized carbons (Fsp3) is 0.647. The monoisotopic (exact) mass is 319 g/mol. The molecule has 23 heavy (non-hydrogen) atoms. The van der Waals surface area contributed by atoms with Crippen molar-refractivity contribution in [2.45, 2.75) is 32.2 Å². The van der Waals surface area contributed by atoms with Gasteiger partial charge in [-0.15, -0.1) is 0 Å². The summed E-state index contributed by atoms with van der Waals surface area (Å²) in [4.78, 5) is 13.4. The Morgan fingerprint density at radius 2 is 2.13 bits per heavy atom. The van der Waals surface area contributed by atoms with Gasteiger partial charge in [0.2, 0.25) is 0 Å². The molecule has 0 spiro atoms. The quantitative estimate of drug-likeness (QED) is 0.668. The Labute approximate surface area is 137 Å². The second-order valence-electron chi connectivity index (χ2n) is 6.67. The lowest BCUT2D eigenvalue weighted by atomic mass is 10.0. The van der Waals surface area contributed by atoms with Gasteiger partial charge in [0, 0.05) is 38.3 Å². The Morgan fingerprint density at radius 3 is 2.78 bits per heavy atom. The summed E-state index contributed by atoms with van der Waals surface area (Å²) >= 11 is 0. The average Bonchev–Trinajstić information content (AvgIpc) is 3.04. The van der Waals surface area contributed by atoms with Crippen LogP contribution in [0.2, 0.25) is 0 Å². The fourth-order valence-electron chi connectivity index (χ4n) is 3.55. The Bertz CT molecular complexity index is 550. The minimum Gasteiger partial charge on any atom is -0.381 e. The molecule has 0 radical (unpaired) electrons. The SMILES string of the molecule is Cc1cccc([N+](=O)[O-])c1NC1CCN(CC2CCOC2)CC1. The molecule has 0 amide bonds. The topological polar surface area (TPSA) is 67.6 Å². The lowest BCUT2D eigenvalue weighted by molar-refractivity contribution is -0.384. The fourth-order valence-corrected chi connectivity index (χ4v) is 3.55. The minimum absolute atomic E-state index is 0.176. The number of piperidine rings is 1. The van der Waals surface area contributed by atoms with Gasteiger partial charge in [-0.05, 0) is 37.7 Å². The predicted octanol–water partition coefficient (Wildman–Crippen LogP) is 2.82. The number of likely N-dealkylation sites (tertiary alicyclic amines) is 1. The van der Waals surface area contributed by atoms with Crippen molar-refractivity contribution < 1.29 is 9.66 Å². The maximum Gasteiger partial charge on any atom is 0.292 e. The first-order chi connectivity index (χ1) is 11.1. The van der Waals surface area contributed by atoms with Crippen LogP contribution in [0.1, 0.15) is 24.8 Å². The van der Waals surface area contributed by atoms with Gasteiger partial charge in [0.1, 0.15) is 5.69 Å². The maximum atomic E-state index is 11.2. The summed E-state index contributed by atoms with van der Waals surface area (Å²) in [5, 5.41) is 14.6. The van der Waals surface area contributed by atoms with Crippen molar-refractivity contribution in [1.29, 1.82) is 0 Å². The zero-order chi connectivity index (χ0) is 16.2. The number of rotatable bonds is 5. The number of para-hydroxylation sites is 1. The number of nitrogens with zero attached hydrogens (tertiary/aromatic N) is 2. The average molecular weight is 319 g/mol. The molecule has 6 heteroatoms. The summed E-state index contributed by atoms with van der Waals surface area (Å²) in [5.74, 6) is 0.678. The predicted molar refractivity (Wildman–Crippen MR) is 89.8 cm³/mol. The normalized spacial score (nSPS) is 23.1. The molecule has 1 aromatic rings. The number of hydrogen-bond donors (Lipinski definition) is 1. The van der Waals surface area contributed by atoms with Gasteiger partial charge in [0.25, 0.3) is 5.69 Å². The maximum absolute atomic E-state index is 11.2. The molecule has 126 valence electrons. The summed E-state index contributed by atoms with van der Waals surface area (Å²) in [5.41, 5.74) is 1.79. The summed E-state index contributed by atoms with van der Waals surface area (Å²) in [6.45, 7) is 6.94. The van der Waals surface area contributed by atoms with Crippen LogP contribution in [0.15, 0.2) is 18.2 Å². The first-order valence-corrected chi connectivity index (χ1v) is 8.44. The van der Waals surface area contributed by atoms with Crippen LogP contribution in [0.3, 0.4) is 0 Å². The summed E-state index contributed by atoms with van der Waals surface area (Å²) in [6.07, 6.45) is 3.23. The van der Waals surface area contributed by atoms with Crippen molar-refractivity contribution in [3.05, 3.63) is 33.9 Å². The lowest BCUT2D eigenvalue weighted by Gasteiger charge is -2.34. The number of nitro groups is 1. The second-order valence-corrected chi connectivity index (χ2v) is 6.67. The molecule has 6 nitrogen and oxygen atoms in total. The molecule has 0 aliphatic carbocycles. The number of hydrogen-bond acceptors (Lipinski definition) is 5. The smallest absolute Gasteiger partial charge is 0.292 e. The zero-order valence-electron chi connectivity index (χ0n) is 13.7. The van der Waals surface area contributed by atoms with Crippen molar-refractivity contribution in [1.82, 2.24) is 4.90 Å². The van der Waals surface area contributed by atoms with Crippen LogP contribution in [0.25, 0.3) is 0 Å². The van der Waals surface area contributed by atoms with Crippen LogP contribution in [0, 0.1) is 23.0 Å². The van der Waals surface area contributed by atoms with Crippen LogP contribution in [-0.4, -0.2) is 48.7 Å². The number of benzene rings is 1. The number of anilines is 1. The summed E-state index contributed by atoms with van der Waals surface area (Å²) in [6, 6.07) is 5.55. The molecule has 0 bridgehead atoms. The third-order valence-corrected chi connectivity index (χ3v) is 4.92. The molecular weight excluding hydrogens is 294 g/mol. The molecule has 2 aliphatic rings. The molecule has 0 aromatic heterocycles. The van der Waals surface area contributed by atoms with Crippen LogP contribution in [-0.2, 0) is 4.74 Å².